The molecule has 1 aliphatic rings. The summed E-state index contributed by atoms with van der Waals surface area (Å²) >= 11 is 3.50. The molecule has 1 fully saturated rings. The maximum Gasteiger partial charge on any atom is 0.174 e. The van der Waals surface area contributed by atoms with Crippen molar-refractivity contribution in [1.29, 1.82) is 0 Å². The van der Waals surface area contributed by atoms with Gasteiger partial charge in [0.05, 0.1) is 0 Å². The molecule has 0 aromatic carbocycles. The van der Waals surface area contributed by atoms with Crippen LogP contribution in [-0.2, 0) is 0 Å². The third kappa shape index (κ3) is 3.16. The van der Waals surface area contributed by atoms with Crippen molar-refractivity contribution in [2.45, 2.75) is 43.0 Å². The molecule has 1 heterocycles. The highest BCUT2D eigenvalue weighted by molar-refractivity contribution is 8.01. The summed E-state index contributed by atoms with van der Waals surface area (Å²) in [6.07, 6.45) is 5.07. The third-order valence-corrected chi connectivity index (χ3v) is 4.94. The van der Waals surface area contributed by atoms with E-state index in [-0.39, 0.29) is 0 Å². The van der Waals surface area contributed by atoms with Gasteiger partial charge in [0.2, 0.25) is 0 Å². The zero-order valence-corrected chi connectivity index (χ0v) is 10.6. The van der Waals surface area contributed by atoms with Crippen LogP contribution in [0, 0.1) is 12.8 Å². The molecule has 0 spiro atoms. The second-order valence-electron chi connectivity index (χ2n) is 4.08. The minimum absolute atomic E-state index is 0.446. The van der Waals surface area contributed by atoms with Crippen molar-refractivity contribution in [2.24, 2.45) is 11.7 Å². The van der Waals surface area contributed by atoms with E-state index in [9.17, 15) is 0 Å². The van der Waals surface area contributed by atoms with E-state index in [0.29, 0.717) is 6.04 Å². The van der Waals surface area contributed by atoms with Crippen LogP contribution in [0.3, 0.4) is 0 Å². The highest BCUT2D eigenvalue weighted by atomic mass is 32.2. The minimum Gasteiger partial charge on any atom is -0.327 e. The summed E-state index contributed by atoms with van der Waals surface area (Å²) in [5.74, 6) is 1.87. The Bertz CT molecular complexity index is 313. The van der Waals surface area contributed by atoms with Gasteiger partial charge in [0.1, 0.15) is 5.01 Å². The summed E-state index contributed by atoms with van der Waals surface area (Å²) in [5, 5.41) is 9.16. The zero-order valence-electron chi connectivity index (χ0n) is 8.98. The van der Waals surface area contributed by atoms with Gasteiger partial charge in [-0.2, -0.15) is 0 Å². The predicted octanol–water partition coefficient (Wildman–Crippen LogP) is 2.46. The van der Waals surface area contributed by atoms with E-state index in [1.54, 1.807) is 11.3 Å². The molecule has 2 atom stereocenters. The standard InChI is InChI=1S/C10H17N3S2/c1-7-12-13-10(15-7)14-6-5-8-3-2-4-9(8)11/h8-9H,2-6,11H2,1H3. The Morgan fingerprint density at radius 2 is 2.33 bits per heavy atom. The number of rotatable bonds is 4. The lowest BCUT2D eigenvalue weighted by Gasteiger charge is -2.13. The number of nitrogens with two attached hydrogens (primary N) is 1. The first-order valence-electron chi connectivity index (χ1n) is 5.44. The van der Waals surface area contributed by atoms with Crippen LogP contribution in [-0.4, -0.2) is 22.0 Å². The summed E-state index contributed by atoms with van der Waals surface area (Å²) in [6.45, 7) is 1.99. The van der Waals surface area contributed by atoms with Crippen LogP contribution in [0.25, 0.3) is 0 Å². The van der Waals surface area contributed by atoms with E-state index in [1.165, 1.54) is 25.7 Å². The molecule has 5 heteroatoms. The highest BCUT2D eigenvalue weighted by Gasteiger charge is 2.23. The van der Waals surface area contributed by atoms with Gasteiger partial charge in [-0.05, 0) is 32.1 Å². The first kappa shape index (κ1) is 11.4. The summed E-state index contributed by atoms with van der Waals surface area (Å²) < 4.78 is 1.10. The second kappa shape index (κ2) is 5.27. The molecule has 2 rings (SSSR count). The van der Waals surface area contributed by atoms with Crippen molar-refractivity contribution in [3.8, 4) is 0 Å². The van der Waals surface area contributed by atoms with Crippen LogP contribution in [0.1, 0.15) is 30.7 Å². The highest BCUT2D eigenvalue weighted by Crippen LogP contribution is 2.30. The van der Waals surface area contributed by atoms with Crippen molar-refractivity contribution < 1.29 is 0 Å². The van der Waals surface area contributed by atoms with Gasteiger partial charge in [-0.1, -0.05) is 29.5 Å². The van der Waals surface area contributed by atoms with Gasteiger partial charge in [-0.25, -0.2) is 0 Å². The first-order chi connectivity index (χ1) is 7.25. The molecule has 0 radical (unpaired) electrons. The molecule has 1 saturated carbocycles. The van der Waals surface area contributed by atoms with Crippen LogP contribution in [0.4, 0.5) is 0 Å². The number of hydrogen-bond acceptors (Lipinski definition) is 5. The number of nitrogens with zero attached hydrogens (tertiary/aromatic N) is 2. The lowest BCUT2D eigenvalue weighted by atomic mass is 10.0. The first-order valence-corrected chi connectivity index (χ1v) is 7.24. The quantitative estimate of drug-likeness (QED) is 0.825. The number of aryl methyl sites for hydroxylation is 1. The fraction of sp³-hybridized carbons (Fsp3) is 0.800. The maximum atomic E-state index is 6.03. The van der Waals surface area contributed by atoms with Crippen LogP contribution in [0.15, 0.2) is 4.34 Å². The molecule has 0 saturated heterocycles. The average molecular weight is 243 g/mol. The summed E-state index contributed by atoms with van der Waals surface area (Å²) in [4.78, 5) is 0. The Morgan fingerprint density at radius 3 is 2.93 bits per heavy atom. The number of hydrogen-bond donors (Lipinski definition) is 1. The fourth-order valence-corrected chi connectivity index (χ4v) is 4.02. The summed E-state index contributed by atoms with van der Waals surface area (Å²) in [6, 6.07) is 0.446. The van der Waals surface area contributed by atoms with Crippen LogP contribution in [0.2, 0.25) is 0 Å². The monoisotopic (exact) mass is 243 g/mol. The van der Waals surface area contributed by atoms with Crippen LogP contribution < -0.4 is 5.73 Å². The Kier molecular flexibility index (Phi) is 3.99. The molecule has 2 N–H and O–H groups in total. The normalized spacial score (nSPS) is 26.0. The molecule has 15 heavy (non-hydrogen) atoms. The van der Waals surface area contributed by atoms with Gasteiger partial charge >= 0.3 is 0 Å². The summed E-state index contributed by atoms with van der Waals surface area (Å²) in [7, 11) is 0. The Hall–Kier alpha value is -0.130. The Balaban J connectivity index is 1.70. The van der Waals surface area contributed by atoms with Crippen molar-refractivity contribution in [2.75, 3.05) is 5.75 Å². The van der Waals surface area contributed by atoms with Crippen LogP contribution in [0.5, 0.6) is 0 Å². The fourth-order valence-electron chi connectivity index (χ4n) is 2.06. The SMILES string of the molecule is Cc1nnc(SCCC2CCCC2N)s1. The Labute approximate surface area is 98.9 Å². The molecule has 84 valence electrons. The molecule has 0 aliphatic heterocycles. The average Bonchev–Trinajstić information content (AvgIpc) is 2.77. The number of thioether (sulfide) groups is 1. The van der Waals surface area contributed by atoms with E-state index in [1.807, 2.05) is 18.7 Å². The lowest BCUT2D eigenvalue weighted by molar-refractivity contribution is 0.470. The molecular formula is C10H17N3S2. The summed E-state index contributed by atoms with van der Waals surface area (Å²) in [5.41, 5.74) is 6.03. The van der Waals surface area contributed by atoms with Gasteiger partial charge < -0.3 is 5.73 Å². The maximum absolute atomic E-state index is 6.03. The minimum atomic E-state index is 0.446. The molecule has 2 unspecified atom stereocenters. The molecule has 3 nitrogen and oxygen atoms in total. The molecule has 0 amide bonds. The largest absolute Gasteiger partial charge is 0.327 e. The van der Waals surface area contributed by atoms with Crippen molar-refractivity contribution in [3.05, 3.63) is 5.01 Å². The molecule has 1 aliphatic carbocycles. The van der Waals surface area contributed by atoms with Gasteiger partial charge in [-0.15, -0.1) is 10.2 Å². The lowest BCUT2D eigenvalue weighted by Crippen LogP contribution is -2.24. The molecular weight excluding hydrogens is 226 g/mol. The molecule has 1 aromatic rings. The Morgan fingerprint density at radius 1 is 1.47 bits per heavy atom. The van der Waals surface area contributed by atoms with Crippen molar-refractivity contribution in [3.63, 3.8) is 0 Å². The zero-order chi connectivity index (χ0) is 10.7. The van der Waals surface area contributed by atoms with E-state index >= 15 is 0 Å². The van der Waals surface area contributed by atoms with E-state index < -0.39 is 0 Å². The van der Waals surface area contributed by atoms with E-state index in [0.717, 1.165) is 21.0 Å². The smallest absolute Gasteiger partial charge is 0.174 e. The second-order valence-corrected chi connectivity index (χ2v) is 6.60. The van der Waals surface area contributed by atoms with Gasteiger partial charge in [0, 0.05) is 11.8 Å². The van der Waals surface area contributed by atoms with Gasteiger partial charge in [0.15, 0.2) is 4.34 Å². The molecule has 1 aromatic heterocycles. The number of aromatic nitrogens is 2. The predicted molar refractivity (Wildman–Crippen MR) is 65.3 cm³/mol. The van der Waals surface area contributed by atoms with Crippen LogP contribution >= 0.6 is 23.1 Å². The van der Waals surface area contributed by atoms with Gasteiger partial charge in [-0.3, -0.25) is 0 Å². The van der Waals surface area contributed by atoms with E-state index in [4.69, 9.17) is 5.73 Å². The topological polar surface area (TPSA) is 51.8 Å². The van der Waals surface area contributed by atoms with Crippen molar-refractivity contribution >= 4 is 23.1 Å². The molecule has 0 bridgehead atoms. The third-order valence-electron chi connectivity index (χ3n) is 2.94. The van der Waals surface area contributed by atoms with E-state index in [2.05, 4.69) is 10.2 Å². The van der Waals surface area contributed by atoms with Gasteiger partial charge in [0.25, 0.3) is 0 Å². The van der Waals surface area contributed by atoms with Crippen molar-refractivity contribution in [1.82, 2.24) is 10.2 Å².